The third-order valence-corrected chi connectivity index (χ3v) is 3.61. The first-order valence-electron chi connectivity index (χ1n) is 6.99. The van der Waals surface area contributed by atoms with Crippen LogP contribution in [0.15, 0.2) is 0 Å². The van der Waals surface area contributed by atoms with Crippen molar-refractivity contribution in [2.75, 3.05) is 19.8 Å². The van der Waals surface area contributed by atoms with Crippen molar-refractivity contribution in [3.63, 3.8) is 0 Å². The Morgan fingerprint density at radius 1 is 0.826 bits per heavy atom. The molecular formula is C12H24O11. The molecule has 0 saturated carbocycles. The van der Waals surface area contributed by atoms with Crippen LogP contribution >= 0.6 is 0 Å². The van der Waals surface area contributed by atoms with Crippen LogP contribution in [0.25, 0.3) is 0 Å². The fourth-order valence-corrected chi connectivity index (χ4v) is 2.06. The Balaban J connectivity index is 2.55. The molecule has 23 heavy (non-hydrogen) atoms. The van der Waals surface area contributed by atoms with E-state index in [2.05, 4.69) is 0 Å². The Bertz CT molecular complexity index is 341. The minimum Gasteiger partial charge on any atom is -0.394 e. The number of hydrogen-bond acceptors (Lipinski definition) is 11. The minimum absolute atomic E-state index is 0.655. The van der Waals surface area contributed by atoms with E-state index in [1.807, 2.05) is 0 Å². The van der Waals surface area contributed by atoms with Gasteiger partial charge in [-0.3, -0.25) is 0 Å². The number of ether oxygens (including phenoxy) is 2. The first-order chi connectivity index (χ1) is 10.7. The van der Waals surface area contributed by atoms with Gasteiger partial charge in [-0.2, -0.15) is 0 Å². The summed E-state index contributed by atoms with van der Waals surface area (Å²) < 4.78 is 9.99. The lowest BCUT2D eigenvalue weighted by atomic mass is 9.99. The largest absolute Gasteiger partial charge is 0.394 e. The normalized spacial score (nSPS) is 37.2. The van der Waals surface area contributed by atoms with Gasteiger partial charge < -0.3 is 55.4 Å². The molecule has 1 saturated heterocycles. The van der Waals surface area contributed by atoms with E-state index in [-0.39, 0.29) is 0 Å². The summed E-state index contributed by atoms with van der Waals surface area (Å²) in [4.78, 5) is 0. The summed E-state index contributed by atoms with van der Waals surface area (Å²) in [5.74, 6) is 0. The zero-order valence-corrected chi connectivity index (χ0v) is 12.2. The average Bonchev–Trinajstić information content (AvgIpc) is 2.56. The molecule has 0 unspecified atom stereocenters. The van der Waals surface area contributed by atoms with Gasteiger partial charge in [0.15, 0.2) is 6.29 Å². The van der Waals surface area contributed by atoms with Crippen LogP contribution in [0.1, 0.15) is 0 Å². The van der Waals surface area contributed by atoms with E-state index >= 15 is 0 Å². The van der Waals surface area contributed by atoms with E-state index in [4.69, 9.17) is 19.7 Å². The molecule has 0 aromatic rings. The van der Waals surface area contributed by atoms with Gasteiger partial charge in [0.05, 0.1) is 19.8 Å². The van der Waals surface area contributed by atoms with Crippen molar-refractivity contribution in [1.82, 2.24) is 0 Å². The van der Waals surface area contributed by atoms with Gasteiger partial charge >= 0.3 is 0 Å². The quantitative estimate of drug-likeness (QED) is 0.203. The zero-order valence-electron chi connectivity index (χ0n) is 12.2. The van der Waals surface area contributed by atoms with Crippen molar-refractivity contribution in [3.8, 4) is 0 Å². The highest BCUT2D eigenvalue weighted by Gasteiger charge is 2.44. The Labute approximate surface area is 131 Å². The van der Waals surface area contributed by atoms with Gasteiger partial charge in [0.25, 0.3) is 0 Å². The maximum Gasteiger partial charge on any atom is 0.186 e. The fourth-order valence-electron chi connectivity index (χ4n) is 2.06. The summed E-state index contributed by atoms with van der Waals surface area (Å²) in [5, 5.41) is 84.4. The molecule has 0 radical (unpaired) electrons. The molecule has 138 valence electrons. The molecule has 0 amide bonds. The van der Waals surface area contributed by atoms with Crippen molar-refractivity contribution in [2.24, 2.45) is 0 Å². The lowest BCUT2D eigenvalue weighted by molar-refractivity contribution is -0.306. The average molecular weight is 344 g/mol. The molecule has 1 aliphatic heterocycles. The molecule has 9 atom stereocenters. The summed E-state index contributed by atoms with van der Waals surface area (Å²) in [5.41, 5.74) is 0. The van der Waals surface area contributed by atoms with E-state index in [0.717, 1.165) is 0 Å². The van der Waals surface area contributed by atoms with Crippen LogP contribution < -0.4 is 0 Å². The first-order valence-corrected chi connectivity index (χ1v) is 6.99. The Hall–Kier alpha value is -0.440. The molecule has 9 N–H and O–H groups in total. The molecule has 1 heterocycles. The van der Waals surface area contributed by atoms with Crippen LogP contribution in [-0.4, -0.2) is 121 Å². The topological polar surface area (TPSA) is 201 Å². The lowest BCUT2D eigenvalue weighted by Gasteiger charge is -2.40. The SMILES string of the molecule is OC[C@@H]1O[C@H](OC[C@@H](O)[C@@H](O)[C@@H](O)[C@@H](O)CO)[C@@H](O)[C@H](O)[C@H]1O. The van der Waals surface area contributed by atoms with Crippen molar-refractivity contribution < 1.29 is 55.4 Å². The van der Waals surface area contributed by atoms with E-state index < -0.39 is 74.9 Å². The lowest BCUT2D eigenvalue weighted by Crippen LogP contribution is -2.59. The van der Waals surface area contributed by atoms with E-state index in [1.165, 1.54) is 0 Å². The van der Waals surface area contributed by atoms with Crippen LogP contribution in [0.4, 0.5) is 0 Å². The number of hydrogen-bond donors (Lipinski definition) is 9. The highest BCUT2D eigenvalue weighted by molar-refractivity contribution is 4.89. The maximum atomic E-state index is 9.70. The van der Waals surface area contributed by atoms with Gasteiger partial charge in [0, 0.05) is 0 Å². The molecule has 1 rings (SSSR count). The summed E-state index contributed by atoms with van der Waals surface area (Å²) in [6, 6.07) is 0. The standard InChI is InChI=1S/C12H24O11/c13-1-4(15)7(17)8(18)5(16)3-22-12-11(21)10(20)9(19)6(2-14)23-12/h4-21H,1-3H2/t4-,5+,6-,7-,8+,9-,10+,11-,12-/m0/s1. The van der Waals surface area contributed by atoms with Crippen molar-refractivity contribution >= 4 is 0 Å². The van der Waals surface area contributed by atoms with E-state index in [1.54, 1.807) is 0 Å². The Morgan fingerprint density at radius 2 is 1.39 bits per heavy atom. The predicted octanol–water partition coefficient (Wildman–Crippen LogP) is -5.76. The maximum absolute atomic E-state index is 9.70. The van der Waals surface area contributed by atoms with Crippen molar-refractivity contribution in [2.45, 2.75) is 55.1 Å². The van der Waals surface area contributed by atoms with Crippen LogP contribution in [0.3, 0.4) is 0 Å². The number of aliphatic hydroxyl groups excluding tert-OH is 9. The van der Waals surface area contributed by atoms with Gasteiger partial charge in [-0.25, -0.2) is 0 Å². The number of aliphatic hydroxyl groups is 9. The van der Waals surface area contributed by atoms with Gasteiger partial charge in [0.2, 0.25) is 0 Å². The van der Waals surface area contributed by atoms with E-state index in [0.29, 0.717) is 0 Å². The number of rotatable bonds is 8. The van der Waals surface area contributed by atoms with Crippen molar-refractivity contribution in [1.29, 1.82) is 0 Å². The fraction of sp³-hybridized carbons (Fsp3) is 1.00. The van der Waals surface area contributed by atoms with Crippen LogP contribution in [-0.2, 0) is 9.47 Å². The second-order valence-electron chi connectivity index (χ2n) is 5.33. The highest BCUT2D eigenvalue weighted by atomic mass is 16.7. The van der Waals surface area contributed by atoms with Gasteiger partial charge in [-0.05, 0) is 0 Å². The summed E-state index contributed by atoms with van der Waals surface area (Å²) in [7, 11) is 0. The summed E-state index contributed by atoms with van der Waals surface area (Å²) >= 11 is 0. The highest BCUT2D eigenvalue weighted by Crippen LogP contribution is 2.22. The third kappa shape index (κ3) is 5.01. The first kappa shape index (κ1) is 20.6. The molecule has 0 bridgehead atoms. The molecular weight excluding hydrogens is 320 g/mol. The summed E-state index contributed by atoms with van der Waals surface area (Å²) in [6.45, 7) is -2.16. The minimum atomic E-state index is -1.86. The zero-order chi connectivity index (χ0) is 17.7. The van der Waals surface area contributed by atoms with Crippen molar-refractivity contribution in [3.05, 3.63) is 0 Å². The monoisotopic (exact) mass is 344 g/mol. The van der Waals surface area contributed by atoms with Gasteiger partial charge in [0.1, 0.15) is 48.8 Å². The molecule has 0 aromatic carbocycles. The Morgan fingerprint density at radius 3 is 1.91 bits per heavy atom. The molecule has 0 aliphatic carbocycles. The van der Waals surface area contributed by atoms with E-state index in [9.17, 15) is 35.7 Å². The Kier molecular flexibility index (Phi) is 8.20. The summed E-state index contributed by atoms with van der Waals surface area (Å²) in [6.07, 6.45) is -14.7. The second-order valence-corrected chi connectivity index (χ2v) is 5.33. The van der Waals surface area contributed by atoms with Gasteiger partial charge in [-0.15, -0.1) is 0 Å². The molecule has 11 nitrogen and oxygen atoms in total. The molecule has 1 fully saturated rings. The molecule has 0 aromatic heterocycles. The predicted molar refractivity (Wildman–Crippen MR) is 70.8 cm³/mol. The van der Waals surface area contributed by atoms with Gasteiger partial charge in [-0.1, -0.05) is 0 Å². The van der Waals surface area contributed by atoms with Crippen LogP contribution in [0, 0.1) is 0 Å². The second kappa shape index (κ2) is 9.15. The molecule has 1 aliphatic rings. The molecule has 0 spiro atoms. The third-order valence-electron chi connectivity index (χ3n) is 3.61. The van der Waals surface area contributed by atoms with Crippen LogP contribution in [0.2, 0.25) is 0 Å². The molecule has 11 heteroatoms. The smallest absolute Gasteiger partial charge is 0.186 e. The van der Waals surface area contributed by atoms with Crippen LogP contribution in [0.5, 0.6) is 0 Å².